The number of halogens is 1. The van der Waals surface area contributed by atoms with E-state index >= 15 is 0 Å². The Morgan fingerprint density at radius 3 is 2.44 bits per heavy atom. The van der Waals surface area contributed by atoms with Crippen molar-refractivity contribution >= 4 is 5.69 Å². The van der Waals surface area contributed by atoms with Gasteiger partial charge in [0.2, 0.25) is 0 Å². The predicted octanol–water partition coefficient (Wildman–Crippen LogP) is 2.93. The molecule has 1 aromatic carbocycles. The average Bonchev–Trinajstić information content (AvgIpc) is 2.14. The van der Waals surface area contributed by atoms with Crippen LogP contribution in [-0.4, -0.2) is 18.6 Å². The van der Waals surface area contributed by atoms with Crippen molar-refractivity contribution < 1.29 is 4.39 Å². The molecule has 2 nitrogen and oxygen atoms in total. The van der Waals surface area contributed by atoms with E-state index in [-0.39, 0.29) is 11.4 Å². The van der Waals surface area contributed by atoms with Crippen LogP contribution < -0.4 is 10.6 Å². The second-order valence-corrected chi connectivity index (χ2v) is 5.04. The summed E-state index contributed by atoms with van der Waals surface area (Å²) in [6.45, 7) is 9.78. The largest absolute Gasteiger partial charge is 0.381 e. The number of hydrogen-bond donors (Lipinski definition) is 2. The Kier molecular flexibility index (Phi) is 4.30. The van der Waals surface area contributed by atoms with Gasteiger partial charge in [-0.05, 0) is 39.3 Å². The van der Waals surface area contributed by atoms with Crippen LogP contribution in [0.1, 0.15) is 26.3 Å². The number of anilines is 1. The number of rotatable bonds is 4. The standard InChI is InChI=1S/C13H21FN2/c1-10-6-5-7-11(14)12(10)15-8-9-16-13(2,3)4/h5-7,15-16H,8-9H2,1-4H3. The molecule has 16 heavy (non-hydrogen) atoms. The Hall–Kier alpha value is -1.09. The quantitative estimate of drug-likeness (QED) is 0.768. The predicted molar refractivity (Wildman–Crippen MR) is 67.4 cm³/mol. The van der Waals surface area contributed by atoms with Crippen LogP contribution in [0.5, 0.6) is 0 Å². The van der Waals surface area contributed by atoms with Gasteiger partial charge in [0.05, 0.1) is 5.69 Å². The number of para-hydroxylation sites is 1. The van der Waals surface area contributed by atoms with Crippen LogP contribution >= 0.6 is 0 Å². The fourth-order valence-electron chi connectivity index (χ4n) is 1.48. The first kappa shape index (κ1) is 13.0. The molecular weight excluding hydrogens is 203 g/mol. The molecule has 0 amide bonds. The molecule has 1 rings (SSSR count). The van der Waals surface area contributed by atoms with Crippen LogP contribution in [0.15, 0.2) is 18.2 Å². The maximum Gasteiger partial charge on any atom is 0.146 e. The molecule has 0 unspecified atom stereocenters. The third kappa shape index (κ3) is 4.19. The number of hydrogen-bond acceptors (Lipinski definition) is 2. The van der Waals surface area contributed by atoms with E-state index in [1.807, 2.05) is 13.0 Å². The zero-order valence-electron chi connectivity index (χ0n) is 10.5. The van der Waals surface area contributed by atoms with Crippen molar-refractivity contribution in [2.45, 2.75) is 33.2 Å². The highest BCUT2D eigenvalue weighted by Gasteiger charge is 2.08. The highest BCUT2D eigenvalue weighted by Crippen LogP contribution is 2.17. The van der Waals surface area contributed by atoms with Gasteiger partial charge >= 0.3 is 0 Å². The van der Waals surface area contributed by atoms with E-state index in [9.17, 15) is 4.39 Å². The van der Waals surface area contributed by atoms with Gasteiger partial charge in [0.25, 0.3) is 0 Å². The number of aryl methyl sites for hydroxylation is 1. The molecule has 0 aliphatic rings. The van der Waals surface area contributed by atoms with Gasteiger partial charge in [0.15, 0.2) is 0 Å². The summed E-state index contributed by atoms with van der Waals surface area (Å²) in [7, 11) is 0. The Labute approximate surface area is 97.3 Å². The molecule has 0 fully saturated rings. The van der Waals surface area contributed by atoms with E-state index < -0.39 is 0 Å². The van der Waals surface area contributed by atoms with E-state index in [1.165, 1.54) is 6.07 Å². The normalized spacial score (nSPS) is 11.6. The van der Waals surface area contributed by atoms with Gasteiger partial charge in [-0.25, -0.2) is 4.39 Å². The molecule has 2 N–H and O–H groups in total. The van der Waals surface area contributed by atoms with Gasteiger partial charge in [0, 0.05) is 18.6 Å². The van der Waals surface area contributed by atoms with Gasteiger partial charge in [-0.3, -0.25) is 0 Å². The fraction of sp³-hybridized carbons (Fsp3) is 0.538. The summed E-state index contributed by atoms with van der Waals surface area (Å²) in [6.07, 6.45) is 0. The van der Waals surface area contributed by atoms with Gasteiger partial charge in [-0.2, -0.15) is 0 Å². The van der Waals surface area contributed by atoms with Crippen molar-refractivity contribution in [1.82, 2.24) is 5.32 Å². The molecule has 0 radical (unpaired) electrons. The van der Waals surface area contributed by atoms with Gasteiger partial charge in [-0.1, -0.05) is 12.1 Å². The lowest BCUT2D eigenvalue weighted by Crippen LogP contribution is -2.38. The third-order valence-corrected chi connectivity index (χ3v) is 2.30. The van der Waals surface area contributed by atoms with Crippen molar-refractivity contribution in [3.05, 3.63) is 29.6 Å². The zero-order valence-corrected chi connectivity index (χ0v) is 10.5. The molecule has 0 aliphatic heterocycles. The number of benzene rings is 1. The van der Waals surface area contributed by atoms with E-state index in [0.717, 1.165) is 18.7 Å². The lowest BCUT2D eigenvalue weighted by Gasteiger charge is -2.21. The maximum absolute atomic E-state index is 13.4. The second kappa shape index (κ2) is 5.30. The van der Waals surface area contributed by atoms with E-state index in [1.54, 1.807) is 6.07 Å². The smallest absolute Gasteiger partial charge is 0.146 e. The van der Waals surface area contributed by atoms with Crippen LogP contribution in [0.25, 0.3) is 0 Å². The van der Waals surface area contributed by atoms with Crippen molar-refractivity contribution in [2.75, 3.05) is 18.4 Å². The molecule has 0 aliphatic carbocycles. The number of nitrogens with one attached hydrogen (secondary N) is 2. The van der Waals surface area contributed by atoms with Crippen molar-refractivity contribution in [2.24, 2.45) is 0 Å². The van der Waals surface area contributed by atoms with E-state index in [0.29, 0.717) is 5.69 Å². The van der Waals surface area contributed by atoms with Crippen molar-refractivity contribution in [3.8, 4) is 0 Å². The first-order valence-electron chi connectivity index (χ1n) is 5.64. The topological polar surface area (TPSA) is 24.1 Å². The molecule has 90 valence electrons. The summed E-state index contributed by atoms with van der Waals surface area (Å²) < 4.78 is 13.4. The Bertz CT molecular complexity index is 322. The summed E-state index contributed by atoms with van der Waals surface area (Å²) in [5.41, 5.74) is 1.65. The van der Waals surface area contributed by atoms with Crippen molar-refractivity contribution in [3.63, 3.8) is 0 Å². The average molecular weight is 224 g/mol. The lowest BCUT2D eigenvalue weighted by molar-refractivity contribution is 0.435. The lowest BCUT2D eigenvalue weighted by atomic mass is 10.1. The first-order valence-corrected chi connectivity index (χ1v) is 5.64. The molecule has 3 heteroatoms. The molecule has 0 atom stereocenters. The minimum absolute atomic E-state index is 0.103. The maximum atomic E-state index is 13.4. The van der Waals surface area contributed by atoms with Crippen LogP contribution in [0.2, 0.25) is 0 Å². The fourth-order valence-corrected chi connectivity index (χ4v) is 1.48. The van der Waals surface area contributed by atoms with E-state index in [2.05, 4.69) is 31.4 Å². The van der Waals surface area contributed by atoms with Gasteiger partial charge < -0.3 is 10.6 Å². The molecule has 0 heterocycles. The Morgan fingerprint density at radius 2 is 1.88 bits per heavy atom. The molecule has 1 aromatic rings. The molecule has 0 bridgehead atoms. The molecule has 0 saturated heterocycles. The third-order valence-electron chi connectivity index (χ3n) is 2.30. The highest BCUT2D eigenvalue weighted by atomic mass is 19.1. The van der Waals surface area contributed by atoms with E-state index in [4.69, 9.17) is 0 Å². The summed E-state index contributed by atoms with van der Waals surface area (Å²) in [4.78, 5) is 0. The minimum atomic E-state index is -0.184. The Morgan fingerprint density at radius 1 is 1.19 bits per heavy atom. The molecule has 0 aromatic heterocycles. The van der Waals surface area contributed by atoms with Crippen LogP contribution in [0, 0.1) is 12.7 Å². The van der Waals surface area contributed by atoms with Gasteiger partial charge in [-0.15, -0.1) is 0 Å². The summed E-state index contributed by atoms with van der Waals surface area (Å²) in [5.74, 6) is -0.184. The van der Waals surface area contributed by atoms with Gasteiger partial charge in [0.1, 0.15) is 5.82 Å². The zero-order chi connectivity index (χ0) is 12.2. The highest BCUT2D eigenvalue weighted by molar-refractivity contribution is 5.51. The molecule has 0 spiro atoms. The molecular formula is C13H21FN2. The van der Waals surface area contributed by atoms with Crippen LogP contribution in [0.4, 0.5) is 10.1 Å². The van der Waals surface area contributed by atoms with Crippen LogP contribution in [0.3, 0.4) is 0 Å². The molecule has 0 saturated carbocycles. The van der Waals surface area contributed by atoms with Crippen LogP contribution in [-0.2, 0) is 0 Å². The SMILES string of the molecule is Cc1cccc(F)c1NCCNC(C)(C)C. The van der Waals surface area contributed by atoms with Crippen molar-refractivity contribution in [1.29, 1.82) is 0 Å². The monoisotopic (exact) mass is 224 g/mol. The second-order valence-electron chi connectivity index (χ2n) is 5.04. The minimum Gasteiger partial charge on any atom is -0.381 e. The summed E-state index contributed by atoms with van der Waals surface area (Å²) in [5, 5.41) is 6.46. The Balaban J connectivity index is 2.43. The summed E-state index contributed by atoms with van der Waals surface area (Å²) >= 11 is 0. The summed E-state index contributed by atoms with van der Waals surface area (Å²) in [6, 6.07) is 5.11. The first-order chi connectivity index (χ1) is 7.40.